The molecule has 4 rings (SSSR count). The molecule has 2 nitrogen and oxygen atoms in total. The average Bonchev–Trinajstić information content (AvgIpc) is 2.56. The van der Waals surface area contributed by atoms with Gasteiger partial charge in [0.1, 0.15) is 0 Å². The van der Waals surface area contributed by atoms with E-state index in [4.69, 9.17) is 0 Å². The van der Waals surface area contributed by atoms with Crippen LogP contribution in [0.3, 0.4) is 0 Å². The SMILES string of the molecule is Cc1ccc2c(C)cccc2n1.Cc1cccc2ncccc12. The van der Waals surface area contributed by atoms with E-state index in [2.05, 4.69) is 60.2 Å². The minimum Gasteiger partial charge on any atom is -0.256 e. The molecule has 2 heterocycles. The van der Waals surface area contributed by atoms with Crippen molar-refractivity contribution in [2.24, 2.45) is 0 Å². The van der Waals surface area contributed by atoms with E-state index in [9.17, 15) is 0 Å². The molecule has 0 bridgehead atoms. The van der Waals surface area contributed by atoms with Crippen molar-refractivity contribution in [2.45, 2.75) is 20.8 Å². The summed E-state index contributed by atoms with van der Waals surface area (Å²) in [5.74, 6) is 0. The van der Waals surface area contributed by atoms with E-state index in [1.165, 1.54) is 21.9 Å². The van der Waals surface area contributed by atoms with Gasteiger partial charge in [0.05, 0.1) is 11.0 Å². The highest BCUT2D eigenvalue weighted by atomic mass is 14.7. The summed E-state index contributed by atoms with van der Waals surface area (Å²) in [5, 5.41) is 2.50. The van der Waals surface area contributed by atoms with E-state index in [1.807, 2.05) is 37.4 Å². The van der Waals surface area contributed by atoms with E-state index < -0.39 is 0 Å². The summed E-state index contributed by atoms with van der Waals surface area (Å²) < 4.78 is 0. The van der Waals surface area contributed by atoms with Crippen LogP contribution in [-0.4, -0.2) is 9.97 Å². The van der Waals surface area contributed by atoms with Gasteiger partial charge in [-0.15, -0.1) is 0 Å². The highest BCUT2D eigenvalue weighted by Crippen LogP contribution is 2.16. The quantitative estimate of drug-likeness (QED) is 0.435. The van der Waals surface area contributed by atoms with Crippen molar-refractivity contribution < 1.29 is 0 Å². The van der Waals surface area contributed by atoms with Crippen molar-refractivity contribution in [1.82, 2.24) is 9.97 Å². The average molecular weight is 300 g/mol. The predicted octanol–water partition coefficient (Wildman–Crippen LogP) is 5.39. The molecule has 0 N–H and O–H groups in total. The Bertz CT molecular complexity index is 953. The van der Waals surface area contributed by atoms with E-state index in [0.717, 1.165) is 16.7 Å². The van der Waals surface area contributed by atoms with Crippen molar-refractivity contribution in [1.29, 1.82) is 0 Å². The number of aryl methyl sites for hydroxylation is 3. The lowest BCUT2D eigenvalue weighted by Gasteiger charge is -2.00. The third-order valence-corrected chi connectivity index (χ3v) is 3.95. The zero-order chi connectivity index (χ0) is 16.2. The van der Waals surface area contributed by atoms with Crippen LogP contribution in [0.2, 0.25) is 0 Å². The fourth-order valence-electron chi connectivity index (χ4n) is 2.67. The van der Waals surface area contributed by atoms with Crippen LogP contribution >= 0.6 is 0 Å². The molecule has 0 spiro atoms. The van der Waals surface area contributed by atoms with Gasteiger partial charge in [-0.05, 0) is 56.2 Å². The Morgan fingerprint density at radius 2 is 1.26 bits per heavy atom. The summed E-state index contributed by atoms with van der Waals surface area (Å²) in [4.78, 5) is 8.68. The Labute approximate surface area is 136 Å². The van der Waals surface area contributed by atoms with Crippen LogP contribution in [0.1, 0.15) is 16.8 Å². The summed E-state index contributed by atoms with van der Waals surface area (Å²) >= 11 is 0. The fourth-order valence-corrected chi connectivity index (χ4v) is 2.67. The first-order chi connectivity index (χ1) is 11.1. The summed E-state index contributed by atoms with van der Waals surface area (Å²) in [5.41, 5.74) is 5.83. The number of pyridine rings is 2. The second-order valence-electron chi connectivity index (χ2n) is 5.74. The standard InChI is InChI=1S/C11H11N.C10H9N/c1-8-4-3-5-11-10(8)7-6-9(2)12-11;1-8-4-2-6-10-9(8)5-3-7-11-10/h3-7H,1-2H3;2-7H,1H3. The van der Waals surface area contributed by atoms with Gasteiger partial charge in [0.25, 0.3) is 0 Å². The third-order valence-electron chi connectivity index (χ3n) is 3.95. The summed E-state index contributed by atoms with van der Waals surface area (Å²) in [6.07, 6.45) is 1.82. The molecule has 2 aromatic carbocycles. The normalized spacial score (nSPS) is 10.4. The molecule has 0 amide bonds. The molecule has 0 radical (unpaired) electrons. The topological polar surface area (TPSA) is 25.8 Å². The second-order valence-corrected chi connectivity index (χ2v) is 5.74. The number of benzene rings is 2. The molecule has 2 heteroatoms. The van der Waals surface area contributed by atoms with Gasteiger partial charge in [-0.25, -0.2) is 0 Å². The smallest absolute Gasteiger partial charge is 0.0707 e. The molecule has 0 fully saturated rings. The lowest BCUT2D eigenvalue weighted by atomic mass is 10.1. The summed E-state index contributed by atoms with van der Waals surface area (Å²) in [6.45, 7) is 6.23. The van der Waals surface area contributed by atoms with Crippen molar-refractivity contribution in [3.63, 3.8) is 0 Å². The Morgan fingerprint density at radius 3 is 1.96 bits per heavy atom. The number of hydrogen-bond donors (Lipinski definition) is 0. The van der Waals surface area contributed by atoms with Crippen LogP contribution in [0.5, 0.6) is 0 Å². The molecule has 0 unspecified atom stereocenters. The maximum Gasteiger partial charge on any atom is 0.0707 e. The van der Waals surface area contributed by atoms with Gasteiger partial charge in [0.2, 0.25) is 0 Å². The number of aromatic nitrogens is 2. The molecular weight excluding hydrogens is 280 g/mol. The van der Waals surface area contributed by atoms with Gasteiger partial charge < -0.3 is 0 Å². The molecule has 114 valence electrons. The Balaban J connectivity index is 0.000000136. The number of fused-ring (bicyclic) bond motifs is 2. The van der Waals surface area contributed by atoms with Gasteiger partial charge in [-0.2, -0.15) is 0 Å². The lowest BCUT2D eigenvalue weighted by molar-refractivity contribution is 1.25. The highest BCUT2D eigenvalue weighted by Gasteiger charge is 1.96. The van der Waals surface area contributed by atoms with Crippen molar-refractivity contribution in [3.05, 3.63) is 83.7 Å². The van der Waals surface area contributed by atoms with Crippen LogP contribution in [-0.2, 0) is 0 Å². The van der Waals surface area contributed by atoms with Gasteiger partial charge in [0, 0.05) is 22.7 Å². The van der Waals surface area contributed by atoms with Gasteiger partial charge in [-0.3, -0.25) is 9.97 Å². The molecule has 0 aliphatic heterocycles. The van der Waals surface area contributed by atoms with Gasteiger partial charge >= 0.3 is 0 Å². The van der Waals surface area contributed by atoms with Crippen molar-refractivity contribution >= 4 is 21.8 Å². The van der Waals surface area contributed by atoms with Crippen LogP contribution in [0, 0.1) is 20.8 Å². The molecule has 0 atom stereocenters. The lowest BCUT2D eigenvalue weighted by Crippen LogP contribution is -1.84. The van der Waals surface area contributed by atoms with Gasteiger partial charge in [0.15, 0.2) is 0 Å². The van der Waals surface area contributed by atoms with Crippen LogP contribution in [0.4, 0.5) is 0 Å². The molecular formula is C21H20N2. The zero-order valence-corrected chi connectivity index (χ0v) is 13.7. The van der Waals surface area contributed by atoms with Crippen LogP contribution < -0.4 is 0 Å². The predicted molar refractivity (Wildman–Crippen MR) is 97.7 cm³/mol. The van der Waals surface area contributed by atoms with E-state index >= 15 is 0 Å². The maximum absolute atomic E-state index is 4.44. The third kappa shape index (κ3) is 3.37. The minimum atomic E-state index is 1.08. The molecule has 0 aliphatic carbocycles. The Hall–Kier alpha value is -2.74. The molecule has 0 saturated carbocycles. The number of hydrogen-bond acceptors (Lipinski definition) is 2. The first kappa shape index (κ1) is 15.2. The number of rotatable bonds is 0. The van der Waals surface area contributed by atoms with Crippen molar-refractivity contribution in [3.8, 4) is 0 Å². The molecule has 0 aliphatic rings. The number of nitrogens with zero attached hydrogens (tertiary/aromatic N) is 2. The summed E-state index contributed by atoms with van der Waals surface area (Å²) in [6, 6.07) is 20.6. The fraction of sp³-hybridized carbons (Fsp3) is 0.143. The van der Waals surface area contributed by atoms with Crippen LogP contribution in [0.15, 0.2) is 66.9 Å². The zero-order valence-electron chi connectivity index (χ0n) is 13.7. The molecule has 4 aromatic rings. The summed E-state index contributed by atoms with van der Waals surface area (Å²) in [7, 11) is 0. The maximum atomic E-state index is 4.44. The second kappa shape index (κ2) is 6.57. The van der Waals surface area contributed by atoms with E-state index in [1.54, 1.807) is 0 Å². The van der Waals surface area contributed by atoms with Crippen LogP contribution in [0.25, 0.3) is 21.8 Å². The first-order valence-corrected chi connectivity index (χ1v) is 7.78. The monoisotopic (exact) mass is 300 g/mol. The Kier molecular flexibility index (Phi) is 4.33. The molecule has 0 saturated heterocycles. The molecule has 23 heavy (non-hydrogen) atoms. The Morgan fingerprint density at radius 1 is 0.609 bits per heavy atom. The molecule has 2 aromatic heterocycles. The van der Waals surface area contributed by atoms with E-state index in [-0.39, 0.29) is 0 Å². The minimum absolute atomic E-state index is 1.08. The highest BCUT2D eigenvalue weighted by molar-refractivity contribution is 5.82. The van der Waals surface area contributed by atoms with Gasteiger partial charge in [-0.1, -0.05) is 36.4 Å². The van der Waals surface area contributed by atoms with Crippen molar-refractivity contribution in [2.75, 3.05) is 0 Å². The van der Waals surface area contributed by atoms with E-state index in [0.29, 0.717) is 0 Å². The largest absolute Gasteiger partial charge is 0.256 e. The first-order valence-electron chi connectivity index (χ1n) is 7.78.